The van der Waals surface area contributed by atoms with Crippen molar-refractivity contribution in [2.75, 3.05) is 19.7 Å². The summed E-state index contributed by atoms with van der Waals surface area (Å²) in [4.78, 5) is 32.1. The van der Waals surface area contributed by atoms with Crippen LogP contribution in [0.25, 0.3) is 22.1 Å². The van der Waals surface area contributed by atoms with E-state index in [2.05, 4.69) is 16.9 Å². The number of nitrogens with one attached hydrogen (secondary N) is 1. The number of aliphatic hydroxyl groups is 1. The molecule has 0 aliphatic heterocycles. The average molecular weight is 491 g/mol. The number of hydrogen-bond donors (Lipinski definition) is 3. The molecule has 0 fully saturated rings. The molecule has 184 valence electrons. The van der Waals surface area contributed by atoms with Gasteiger partial charge >= 0.3 is 5.69 Å². The summed E-state index contributed by atoms with van der Waals surface area (Å²) in [6.45, 7) is 6.20. The van der Waals surface area contributed by atoms with Crippen LogP contribution in [-0.4, -0.2) is 54.6 Å². The fraction of sp³-hybridized carbons (Fsp3) is 0.435. The van der Waals surface area contributed by atoms with E-state index in [9.17, 15) is 14.7 Å². The number of nitrogens with zero attached hydrogens (tertiary/aromatic N) is 4. The second kappa shape index (κ2) is 10.5. The highest BCUT2D eigenvalue weighted by molar-refractivity contribution is 5.90. The van der Waals surface area contributed by atoms with Gasteiger partial charge in [-0.2, -0.15) is 0 Å². The monoisotopic (exact) mass is 490 g/mol. The lowest BCUT2D eigenvalue weighted by Gasteiger charge is -2.13. The van der Waals surface area contributed by atoms with Crippen molar-refractivity contribution in [3.05, 3.63) is 56.6 Å². The minimum Gasteiger partial charge on any atom is -1.00 e. The van der Waals surface area contributed by atoms with Crippen LogP contribution in [0.1, 0.15) is 17.7 Å². The van der Waals surface area contributed by atoms with Crippen LogP contribution < -0.4 is 33.7 Å². The van der Waals surface area contributed by atoms with Crippen LogP contribution in [0.4, 0.5) is 0 Å². The van der Waals surface area contributed by atoms with Crippen molar-refractivity contribution in [3.8, 4) is 5.75 Å². The number of fused-ring (bicyclic) bond motifs is 2. The first-order valence-corrected chi connectivity index (χ1v) is 11.1. The van der Waals surface area contributed by atoms with Crippen molar-refractivity contribution in [1.29, 1.82) is 0 Å². The Morgan fingerprint density at radius 3 is 2.74 bits per heavy atom. The van der Waals surface area contributed by atoms with Gasteiger partial charge in [-0.15, -0.1) is 0 Å². The summed E-state index contributed by atoms with van der Waals surface area (Å²) in [6, 6.07) is 5.89. The molecule has 0 saturated carbocycles. The summed E-state index contributed by atoms with van der Waals surface area (Å²) < 4.78 is 10.2. The molecular formula is C23H31ClN6O4. The molecule has 4 N–H and O–H groups in total. The van der Waals surface area contributed by atoms with Gasteiger partial charge in [0.05, 0.1) is 12.9 Å². The van der Waals surface area contributed by atoms with E-state index >= 15 is 0 Å². The van der Waals surface area contributed by atoms with Crippen LogP contribution in [0.3, 0.4) is 0 Å². The van der Waals surface area contributed by atoms with E-state index in [4.69, 9.17) is 4.74 Å². The summed E-state index contributed by atoms with van der Waals surface area (Å²) in [5.41, 5.74) is 3.39. The Morgan fingerprint density at radius 1 is 1.21 bits per heavy atom. The molecule has 0 saturated heterocycles. The summed E-state index contributed by atoms with van der Waals surface area (Å²) >= 11 is 0. The van der Waals surface area contributed by atoms with Gasteiger partial charge in [0.2, 0.25) is 0 Å². The number of aryl methyl sites for hydroxylation is 4. The Kier molecular flexibility index (Phi) is 7.86. The van der Waals surface area contributed by atoms with E-state index in [0.717, 1.165) is 45.4 Å². The van der Waals surface area contributed by atoms with Crippen molar-refractivity contribution in [1.82, 2.24) is 23.7 Å². The minimum atomic E-state index is -0.600. The predicted octanol–water partition coefficient (Wildman–Crippen LogP) is -3.07. The number of rotatable bonds is 9. The number of aliphatic hydroxyl groups excluding tert-OH is 1. The van der Waals surface area contributed by atoms with Crippen molar-refractivity contribution in [2.45, 2.75) is 32.9 Å². The smallest absolute Gasteiger partial charge is 0.332 e. The van der Waals surface area contributed by atoms with E-state index in [0.29, 0.717) is 24.3 Å². The van der Waals surface area contributed by atoms with Crippen molar-refractivity contribution in [3.63, 3.8) is 0 Å². The summed E-state index contributed by atoms with van der Waals surface area (Å²) in [6.07, 6.45) is 1.78. The van der Waals surface area contributed by atoms with Crippen LogP contribution in [-0.2, 0) is 20.6 Å². The first-order chi connectivity index (χ1) is 15.8. The maximum Gasteiger partial charge on any atom is 0.332 e. The Morgan fingerprint density at radius 2 is 1.97 bits per heavy atom. The van der Waals surface area contributed by atoms with E-state index in [-0.39, 0.29) is 30.3 Å². The summed E-state index contributed by atoms with van der Waals surface area (Å²) in [7, 11) is 3.08. The number of aromatic nitrogens is 5. The van der Waals surface area contributed by atoms with Crippen molar-refractivity contribution in [2.24, 2.45) is 14.1 Å². The summed E-state index contributed by atoms with van der Waals surface area (Å²) in [5, 5.41) is 13.4. The Labute approximate surface area is 202 Å². The predicted molar refractivity (Wildman–Crippen MR) is 126 cm³/mol. The maximum absolute atomic E-state index is 12.5. The van der Waals surface area contributed by atoms with Gasteiger partial charge in [0.25, 0.3) is 5.56 Å². The van der Waals surface area contributed by atoms with Crippen LogP contribution in [0.15, 0.2) is 34.1 Å². The molecule has 1 aromatic carbocycles. The van der Waals surface area contributed by atoms with E-state index < -0.39 is 6.10 Å². The number of quaternary nitrogens is 1. The molecule has 4 aromatic rings. The number of benzene rings is 1. The zero-order valence-corrected chi connectivity index (χ0v) is 20.6. The SMILES string of the molecule is Cc1[nH]c2cccc(OCC(O)C[NH2+]CCCn3cnc4c3c(=O)n(C)c(=O)n4C)c2c1C.[Cl-]. The average Bonchev–Trinajstić information content (AvgIpc) is 3.35. The van der Waals surface area contributed by atoms with Gasteiger partial charge in [0.1, 0.15) is 25.0 Å². The molecule has 3 heterocycles. The van der Waals surface area contributed by atoms with Crippen LogP contribution >= 0.6 is 0 Å². The highest BCUT2D eigenvalue weighted by atomic mass is 35.5. The van der Waals surface area contributed by atoms with Crippen molar-refractivity contribution < 1.29 is 27.6 Å². The first-order valence-electron chi connectivity index (χ1n) is 11.1. The van der Waals surface area contributed by atoms with Gasteiger partial charge < -0.3 is 37.1 Å². The molecule has 34 heavy (non-hydrogen) atoms. The molecule has 0 spiro atoms. The zero-order chi connectivity index (χ0) is 23.7. The number of hydrogen-bond acceptors (Lipinski definition) is 5. The number of imidazole rings is 1. The Balaban J connectivity index is 0.00000324. The quantitative estimate of drug-likeness (QED) is 0.215. The Bertz CT molecular complexity index is 1420. The fourth-order valence-corrected chi connectivity index (χ4v) is 4.16. The third-order valence-electron chi connectivity index (χ3n) is 6.18. The number of H-pyrrole nitrogens is 1. The molecule has 0 aliphatic carbocycles. The molecule has 0 aliphatic rings. The first kappa shape index (κ1) is 25.5. The van der Waals surface area contributed by atoms with Gasteiger partial charge in [-0.3, -0.25) is 13.9 Å². The van der Waals surface area contributed by atoms with Gasteiger partial charge in [-0.1, -0.05) is 6.07 Å². The molecule has 0 radical (unpaired) electrons. The standard InChI is InChI=1S/C23H30N6O4.ClH/c1-14-15(2)26-17-7-5-8-18(19(14)17)33-12-16(30)11-24-9-6-10-29-13-25-21-20(29)22(31)28(4)23(32)27(21)3;/h5,7-8,13,16,24,26,30H,6,9-12H2,1-4H3;1H. The van der Waals surface area contributed by atoms with E-state index in [1.54, 1.807) is 17.9 Å². The van der Waals surface area contributed by atoms with E-state index in [1.807, 2.05) is 30.4 Å². The van der Waals surface area contributed by atoms with Gasteiger partial charge in [0.15, 0.2) is 11.2 Å². The molecule has 1 unspecified atom stereocenters. The normalized spacial score (nSPS) is 12.3. The highest BCUT2D eigenvalue weighted by Gasteiger charge is 2.15. The molecule has 0 amide bonds. The van der Waals surface area contributed by atoms with Crippen LogP contribution in [0.2, 0.25) is 0 Å². The number of nitrogens with two attached hydrogens (primary N) is 1. The molecular weight excluding hydrogens is 460 g/mol. The molecule has 4 rings (SSSR count). The van der Waals surface area contributed by atoms with Crippen molar-refractivity contribution >= 4 is 22.1 Å². The van der Waals surface area contributed by atoms with Crippen LogP contribution in [0.5, 0.6) is 5.75 Å². The lowest BCUT2D eigenvalue weighted by Crippen LogP contribution is -3.00. The number of ether oxygens (including phenoxy) is 1. The maximum atomic E-state index is 12.5. The zero-order valence-electron chi connectivity index (χ0n) is 19.8. The highest BCUT2D eigenvalue weighted by Crippen LogP contribution is 2.30. The fourth-order valence-electron chi connectivity index (χ4n) is 4.16. The lowest BCUT2D eigenvalue weighted by molar-refractivity contribution is -0.661. The molecule has 11 heteroatoms. The molecule has 1 atom stereocenters. The van der Waals surface area contributed by atoms with Crippen LogP contribution in [0, 0.1) is 13.8 Å². The van der Waals surface area contributed by atoms with Gasteiger partial charge in [-0.05, 0) is 31.5 Å². The molecule has 10 nitrogen and oxygen atoms in total. The second-order valence-electron chi connectivity index (χ2n) is 8.50. The van der Waals surface area contributed by atoms with Gasteiger partial charge in [0, 0.05) is 43.7 Å². The third-order valence-corrected chi connectivity index (χ3v) is 6.18. The number of aromatic amines is 1. The minimum absolute atomic E-state index is 0. The molecule has 0 bridgehead atoms. The topological polar surface area (TPSA) is 124 Å². The van der Waals surface area contributed by atoms with Gasteiger partial charge in [-0.25, -0.2) is 9.78 Å². The number of halogens is 1. The van der Waals surface area contributed by atoms with E-state index in [1.165, 1.54) is 11.6 Å². The lowest BCUT2D eigenvalue weighted by atomic mass is 10.1. The Hall–Kier alpha value is -3.08. The third kappa shape index (κ3) is 4.75. The summed E-state index contributed by atoms with van der Waals surface area (Å²) in [5.74, 6) is 0.774. The molecule has 3 aromatic heterocycles. The largest absolute Gasteiger partial charge is 1.00 e. The second-order valence-corrected chi connectivity index (χ2v) is 8.50.